The number of amides is 1. The lowest BCUT2D eigenvalue weighted by molar-refractivity contribution is 0.0947. The maximum Gasteiger partial charge on any atom is 0.255 e. The van der Waals surface area contributed by atoms with Crippen molar-refractivity contribution in [3.05, 3.63) is 52.9 Å². The molecule has 2 aliphatic rings. The van der Waals surface area contributed by atoms with Gasteiger partial charge in [0.1, 0.15) is 12.4 Å². The molecule has 2 aliphatic heterocycles. The van der Waals surface area contributed by atoms with Crippen molar-refractivity contribution < 1.29 is 14.3 Å². The van der Waals surface area contributed by atoms with Crippen molar-refractivity contribution in [2.45, 2.75) is 18.9 Å². The topological polar surface area (TPSA) is 100 Å². The minimum atomic E-state index is -0.132. The number of H-pyrrole nitrogens is 1. The number of benzene rings is 1. The quantitative estimate of drug-likeness (QED) is 0.437. The van der Waals surface area contributed by atoms with Gasteiger partial charge in [0.25, 0.3) is 5.91 Å². The van der Waals surface area contributed by atoms with E-state index in [9.17, 15) is 4.79 Å². The summed E-state index contributed by atoms with van der Waals surface area (Å²) < 4.78 is 11.6. The molecule has 0 saturated carbocycles. The molecule has 1 atom stereocenters. The maximum absolute atomic E-state index is 12.8. The number of fused-ring (bicyclic) bond motifs is 1. The van der Waals surface area contributed by atoms with Crippen LogP contribution in [0.25, 0.3) is 11.3 Å². The zero-order valence-corrected chi connectivity index (χ0v) is 18.4. The van der Waals surface area contributed by atoms with Crippen LogP contribution in [-0.4, -0.2) is 48.7 Å². The Morgan fingerprint density at radius 1 is 1.28 bits per heavy atom. The molecule has 0 unspecified atom stereocenters. The number of nitrogens with one attached hydrogen (secondary N) is 4. The molecule has 0 bridgehead atoms. The monoisotopic (exact) mass is 453 g/mol. The summed E-state index contributed by atoms with van der Waals surface area (Å²) in [5.74, 6) is 1.03. The molecule has 166 valence electrons. The summed E-state index contributed by atoms with van der Waals surface area (Å²) in [6, 6.07) is 7.69. The molecule has 9 heteroatoms. The number of rotatable bonds is 7. The second-order valence-corrected chi connectivity index (χ2v) is 8.21. The predicted octanol–water partition coefficient (Wildman–Crippen LogP) is 3.51. The second-order valence-electron chi connectivity index (χ2n) is 7.80. The number of pyridine rings is 1. The van der Waals surface area contributed by atoms with E-state index < -0.39 is 0 Å². The SMILES string of the molecule is COc1c(Cl)cccc1Nc1c(-c2ccncc2OC[C@H]2CCN2)[nH]c2c1C(=O)NCC2. The zero-order chi connectivity index (χ0) is 22.1. The van der Waals surface area contributed by atoms with Crippen molar-refractivity contribution in [1.29, 1.82) is 0 Å². The molecule has 0 spiro atoms. The van der Waals surface area contributed by atoms with Crippen molar-refractivity contribution in [2.75, 3.05) is 32.1 Å². The molecule has 2 aromatic heterocycles. The highest BCUT2D eigenvalue weighted by atomic mass is 35.5. The Morgan fingerprint density at radius 2 is 2.16 bits per heavy atom. The number of aromatic nitrogens is 2. The number of carbonyl (C=O) groups is 1. The van der Waals surface area contributed by atoms with Crippen LogP contribution in [-0.2, 0) is 6.42 Å². The van der Waals surface area contributed by atoms with E-state index in [0.29, 0.717) is 59.1 Å². The fourth-order valence-corrected chi connectivity index (χ4v) is 4.29. The first-order chi connectivity index (χ1) is 15.7. The molecule has 5 rings (SSSR count). The van der Waals surface area contributed by atoms with E-state index in [2.05, 4.69) is 25.9 Å². The Labute approximate surface area is 190 Å². The predicted molar refractivity (Wildman–Crippen MR) is 123 cm³/mol. The van der Waals surface area contributed by atoms with Crippen LogP contribution in [0.15, 0.2) is 36.7 Å². The van der Waals surface area contributed by atoms with Crippen LogP contribution in [0, 0.1) is 0 Å². The van der Waals surface area contributed by atoms with E-state index in [0.717, 1.165) is 29.9 Å². The van der Waals surface area contributed by atoms with Gasteiger partial charge >= 0.3 is 0 Å². The van der Waals surface area contributed by atoms with Gasteiger partial charge in [0.15, 0.2) is 5.75 Å². The molecule has 32 heavy (non-hydrogen) atoms. The molecule has 1 amide bonds. The van der Waals surface area contributed by atoms with Crippen LogP contribution in [0.3, 0.4) is 0 Å². The third-order valence-corrected chi connectivity index (χ3v) is 6.11. The van der Waals surface area contributed by atoms with Gasteiger partial charge in [-0.3, -0.25) is 9.78 Å². The Hall–Kier alpha value is -3.23. The van der Waals surface area contributed by atoms with Crippen molar-refractivity contribution >= 4 is 28.9 Å². The summed E-state index contributed by atoms with van der Waals surface area (Å²) >= 11 is 6.33. The lowest BCUT2D eigenvalue weighted by Crippen LogP contribution is -2.46. The average Bonchev–Trinajstić information content (AvgIpc) is 3.12. The highest BCUT2D eigenvalue weighted by Gasteiger charge is 2.29. The first-order valence-corrected chi connectivity index (χ1v) is 11.0. The van der Waals surface area contributed by atoms with E-state index in [1.54, 1.807) is 25.6 Å². The Kier molecular flexibility index (Phi) is 5.63. The van der Waals surface area contributed by atoms with Crippen LogP contribution in [0.1, 0.15) is 22.5 Å². The number of halogens is 1. The zero-order valence-electron chi connectivity index (χ0n) is 17.6. The number of hydrogen-bond donors (Lipinski definition) is 4. The van der Waals surface area contributed by atoms with Gasteiger partial charge in [0.2, 0.25) is 0 Å². The van der Waals surface area contributed by atoms with Crippen molar-refractivity contribution in [2.24, 2.45) is 0 Å². The van der Waals surface area contributed by atoms with Gasteiger partial charge in [-0.1, -0.05) is 17.7 Å². The highest BCUT2D eigenvalue weighted by Crippen LogP contribution is 2.42. The summed E-state index contributed by atoms with van der Waals surface area (Å²) in [5, 5.41) is 10.1. The van der Waals surface area contributed by atoms with Crippen molar-refractivity contribution in [3.63, 3.8) is 0 Å². The van der Waals surface area contributed by atoms with Crippen molar-refractivity contribution in [1.82, 2.24) is 20.6 Å². The van der Waals surface area contributed by atoms with Gasteiger partial charge in [-0.25, -0.2) is 0 Å². The number of anilines is 2. The summed E-state index contributed by atoms with van der Waals surface area (Å²) in [6.07, 6.45) is 5.22. The lowest BCUT2D eigenvalue weighted by atomic mass is 10.0. The molecular weight excluding hydrogens is 430 g/mol. The Balaban J connectivity index is 1.60. The molecule has 4 heterocycles. The third kappa shape index (κ3) is 3.76. The molecule has 1 fully saturated rings. The normalized spacial score (nSPS) is 17.2. The van der Waals surface area contributed by atoms with Crippen LogP contribution in [0.5, 0.6) is 11.5 Å². The summed E-state index contributed by atoms with van der Waals surface area (Å²) in [4.78, 5) is 20.5. The van der Waals surface area contributed by atoms with Crippen LogP contribution < -0.4 is 25.4 Å². The number of nitrogens with zero attached hydrogens (tertiary/aromatic N) is 1. The minimum Gasteiger partial charge on any atom is -0.493 e. The fraction of sp³-hybridized carbons (Fsp3) is 0.304. The fourth-order valence-electron chi connectivity index (χ4n) is 4.04. The van der Waals surface area contributed by atoms with E-state index in [4.69, 9.17) is 21.1 Å². The van der Waals surface area contributed by atoms with E-state index in [1.807, 2.05) is 18.2 Å². The van der Waals surface area contributed by atoms with Gasteiger partial charge in [-0.2, -0.15) is 0 Å². The second kappa shape index (κ2) is 8.72. The standard InChI is InChI=1S/C23H24ClN5O3/c1-31-22-15(24)3-2-4-17(22)29-21-19-16(7-10-27-23(19)30)28-20(21)14-6-8-25-11-18(14)32-12-13-5-9-26-13/h2-4,6,8,11,13,26,28-29H,5,7,9-10,12H2,1H3,(H,27,30)/t13-/m1/s1. The van der Waals surface area contributed by atoms with Gasteiger partial charge < -0.3 is 30.4 Å². The van der Waals surface area contributed by atoms with Crippen molar-refractivity contribution in [3.8, 4) is 22.8 Å². The molecule has 4 N–H and O–H groups in total. The van der Waals surface area contributed by atoms with Gasteiger partial charge in [0.05, 0.1) is 41.0 Å². The van der Waals surface area contributed by atoms with Gasteiger partial charge in [-0.15, -0.1) is 0 Å². The van der Waals surface area contributed by atoms with Crippen LogP contribution >= 0.6 is 11.6 Å². The highest BCUT2D eigenvalue weighted by molar-refractivity contribution is 6.32. The molecular formula is C23H24ClN5O3. The summed E-state index contributed by atoms with van der Waals surface area (Å²) in [6.45, 7) is 2.16. The smallest absolute Gasteiger partial charge is 0.255 e. The molecule has 0 aliphatic carbocycles. The molecule has 3 aromatic rings. The van der Waals surface area contributed by atoms with Gasteiger partial charge in [0, 0.05) is 36.5 Å². The first kappa shape index (κ1) is 20.7. The number of ether oxygens (including phenoxy) is 2. The van der Waals surface area contributed by atoms with E-state index in [-0.39, 0.29) is 5.91 Å². The van der Waals surface area contributed by atoms with Gasteiger partial charge in [-0.05, 0) is 31.2 Å². The van der Waals surface area contributed by atoms with E-state index >= 15 is 0 Å². The van der Waals surface area contributed by atoms with Crippen LogP contribution in [0.2, 0.25) is 5.02 Å². The number of para-hydroxylation sites is 1. The minimum absolute atomic E-state index is 0.132. The third-order valence-electron chi connectivity index (χ3n) is 5.82. The Morgan fingerprint density at radius 3 is 2.94 bits per heavy atom. The summed E-state index contributed by atoms with van der Waals surface area (Å²) in [7, 11) is 1.57. The maximum atomic E-state index is 12.8. The largest absolute Gasteiger partial charge is 0.493 e. The van der Waals surface area contributed by atoms with E-state index in [1.165, 1.54) is 0 Å². The molecule has 0 radical (unpaired) electrons. The lowest BCUT2D eigenvalue weighted by Gasteiger charge is -2.27. The number of aromatic amines is 1. The first-order valence-electron chi connectivity index (χ1n) is 10.6. The summed E-state index contributed by atoms with van der Waals surface area (Å²) in [5.41, 5.74) is 4.35. The van der Waals surface area contributed by atoms with Crippen LogP contribution in [0.4, 0.5) is 11.4 Å². The Bertz CT molecular complexity index is 1160. The molecule has 1 saturated heterocycles. The number of carbonyl (C=O) groups excluding carboxylic acids is 1. The number of hydrogen-bond acceptors (Lipinski definition) is 6. The average molecular weight is 454 g/mol. The number of methoxy groups -OCH3 is 1. The molecule has 1 aromatic carbocycles. The molecule has 8 nitrogen and oxygen atoms in total.